The highest BCUT2D eigenvalue weighted by molar-refractivity contribution is 7.99. The summed E-state index contributed by atoms with van der Waals surface area (Å²) in [5.74, 6) is 0.130. The van der Waals surface area contributed by atoms with E-state index in [1.807, 2.05) is 11.9 Å². The van der Waals surface area contributed by atoms with Gasteiger partial charge in [0, 0.05) is 6.54 Å². The predicted molar refractivity (Wildman–Crippen MR) is 118 cm³/mol. The number of carbonyl (C=O) groups is 1. The van der Waals surface area contributed by atoms with Gasteiger partial charge in [0.15, 0.2) is 0 Å². The summed E-state index contributed by atoms with van der Waals surface area (Å²) in [4.78, 5) is 33.7. The first-order chi connectivity index (χ1) is 14.4. The van der Waals surface area contributed by atoms with Gasteiger partial charge in [0.2, 0.25) is 5.91 Å². The lowest BCUT2D eigenvalue weighted by Crippen LogP contribution is -2.65. The number of ether oxygens (including phenoxy) is 1. The molecular weight excluding hydrogens is 471 g/mol. The van der Waals surface area contributed by atoms with E-state index in [0.717, 1.165) is 31.1 Å². The lowest BCUT2D eigenvalue weighted by molar-refractivity contribution is -0.201. The Hall–Kier alpha value is 0.0600. The Kier molecular flexibility index (Phi) is 10.1. The molecule has 0 saturated carbocycles. The average molecular weight is 505 g/mol. The molecule has 182 valence electrons. The second kappa shape index (κ2) is 11.5. The number of aliphatic hydroxyl groups excluding tert-OH is 2. The lowest BCUT2D eigenvalue weighted by atomic mass is 9.92. The number of thioether (sulfide) groups is 1. The Morgan fingerprint density at radius 2 is 2.03 bits per heavy atom. The molecule has 2 aliphatic rings. The maximum absolute atomic E-state index is 13.1. The number of carbonyl (C=O) groups excluding carboxylic acids is 1. The predicted octanol–water partition coefficient (Wildman–Crippen LogP) is 0.507. The van der Waals surface area contributed by atoms with Crippen molar-refractivity contribution in [1.29, 1.82) is 0 Å². The fourth-order valence-corrected chi connectivity index (χ4v) is 5.82. The standard InChI is InChI=1S/C18H34ClN2O8PS/c1-5-6-10-7-11(21(3)8-10)17(24)20-12(9(2)19)15-16(29-30(25,26)27)13(22)14(23)18(28-15)31-4/h9-16,18,22-23H,5-8H2,1-4H3,(H,20,24)(H2,25,26,27)/t9-,10+,11+,12+,13-,14-,15-,16+,18+/m0/s1. The molecule has 13 heteroatoms. The van der Waals surface area contributed by atoms with Crippen LogP contribution in [-0.4, -0.2) is 98.0 Å². The Bertz CT molecular complexity index is 656. The smallest absolute Gasteiger partial charge is 0.387 e. The maximum atomic E-state index is 13.1. The van der Waals surface area contributed by atoms with Crippen molar-refractivity contribution >= 4 is 37.1 Å². The van der Waals surface area contributed by atoms with Crippen LogP contribution in [0.25, 0.3) is 0 Å². The van der Waals surface area contributed by atoms with Crippen molar-refractivity contribution in [1.82, 2.24) is 10.2 Å². The minimum atomic E-state index is -5.04. The molecule has 0 aliphatic carbocycles. The quantitative estimate of drug-likeness (QED) is 0.222. The first-order valence-electron chi connectivity index (χ1n) is 10.3. The number of likely N-dealkylation sites (tertiary alicyclic amines) is 1. The van der Waals surface area contributed by atoms with E-state index < -0.39 is 49.1 Å². The summed E-state index contributed by atoms with van der Waals surface area (Å²) in [5, 5.41) is 22.9. The topological polar surface area (TPSA) is 149 Å². The monoisotopic (exact) mass is 504 g/mol. The number of nitrogens with one attached hydrogen (secondary N) is 1. The molecule has 2 heterocycles. The molecule has 0 unspecified atom stereocenters. The number of phosphoric acid groups is 1. The summed E-state index contributed by atoms with van der Waals surface area (Å²) in [6, 6.07) is -1.30. The van der Waals surface area contributed by atoms with Crippen LogP contribution in [0.4, 0.5) is 0 Å². The molecule has 2 fully saturated rings. The first kappa shape index (κ1) is 27.3. The number of amides is 1. The molecule has 0 aromatic heterocycles. The molecule has 31 heavy (non-hydrogen) atoms. The Morgan fingerprint density at radius 1 is 1.39 bits per heavy atom. The largest absolute Gasteiger partial charge is 0.470 e. The number of halogens is 1. The zero-order valence-electron chi connectivity index (χ0n) is 18.1. The van der Waals surface area contributed by atoms with Gasteiger partial charge in [-0.15, -0.1) is 23.4 Å². The minimum absolute atomic E-state index is 0.279. The highest BCUT2D eigenvalue weighted by atomic mass is 35.5. The van der Waals surface area contributed by atoms with Crippen LogP contribution in [0.1, 0.15) is 33.1 Å². The molecule has 0 bridgehead atoms. The molecule has 9 atom stereocenters. The molecule has 2 saturated heterocycles. The van der Waals surface area contributed by atoms with Crippen LogP contribution >= 0.6 is 31.2 Å². The number of phosphoric ester groups is 1. The molecule has 0 spiro atoms. The van der Waals surface area contributed by atoms with E-state index in [-0.39, 0.29) is 11.9 Å². The van der Waals surface area contributed by atoms with Crippen LogP contribution in [0.2, 0.25) is 0 Å². The maximum Gasteiger partial charge on any atom is 0.470 e. The van der Waals surface area contributed by atoms with Gasteiger partial charge >= 0.3 is 7.82 Å². The second-order valence-electron chi connectivity index (χ2n) is 8.30. The van der Waals surface area contributed by atoms with E-state index in [2.05, 4.69) is 12.2 Å². The minimum Gasteiger partial charge on any atom is -0.387 e. The molecular formula is C18H34ClN2O8PS. The highest BCUT2D eigenvalue weighted by Crippen LogP contribution is 2.43. The zero-order valence-corrected chi connectivity index (χ0v) is 20.6. The molecule has 2 rings (SSSR count). The van der Waals surface area contributed by atoms with E-state index in [9.17, 15) is 29.4 Å². The van der Waals surface area contributed by atoms with Crippen molar-refractivity contribution in [2.24, 2.45) is 5.92 Å². The number of alkyl halides is 1. The van der Waals surface area contributed by atoms with Crippen LogP contribution in [0.15, 0.2) is 0 Å². The first-order valence-corrected chi connectivity index (χ1v) is 13.6. The summed E-state index contributed by atoms with van der Waals surface area (Å²) >= 11 is 7.46. The Balaban J connectivity index is 2.25. The van der Waals surface area contributed by atoms with Crippen LogP contribution in [0, 0.1) is 5.92 Å². The van der Waals surface area contributed by atoms with Gasteiger partial charge in [-0.1, -0.05) is 13.3 Å². The average Bonchev–Trinajstić information content (AvgIpc) is 3.03. The van der Waals surface area contributed by atoms with Crippen molar-refractivity contribution < 1.29 is 38.6 Å². The Morgan fingerprint density at radius 3 is 2.55 bits per heavy atom. The molecule has 10 nitrogen and oxygen atoms in total. The third-order valence-electron chi connectivity index (χ3n) is 5.86. The Labute approximate surface area is 192 Å². The van der Waals surface area contributed by atoms with Crippen LogP contribution < -0.4 is 5.32 Å². The van der Waals surface area contributed by atoms with E-state index in [1.54, 1.807) is 13.2 Å². The van der Waals surface area contributed by atoms with Crippen LogP contribution in [-0.2, 0) is 18.6 Å². The summed E-state index contributed by atoms with van der Waals surface area (Å²) in [5.41, 5.74) is -0.894. The normalized spacial score (nSPS) is 36.9. The van der Waals surface area contributed by atoms with E-state index in [0.29, 0.717) is 12.3 Å². The summed E-state index contributed by atoms with van der Waals surface area (Å²) in [6.07, 6.45) is -1.49. The third kappa shape index (κ3) is 7.02. The van der Waals surface area contributed by atoms with E-state index >= 15 is 0 Å². The van der Waals surface area contributed by atoms with E-state index in [1.165, 1.54) is 0 Å². The van der Waals surface area contributed by atoms with Crippen molar-refractivity contribution in [2.75, 3.05) is 19.8 Å². The molecule has 0 aromatic carbocycles. The number of likely N-dealkylation sites (N-methyl/N-ethyl adjacent to an activating group) is 1. The van der Waals surface area contributed by atoms with Crippen molar-refractivity contribution in [3.63, 3.8) is 0 Å². The van der Waals surface area contributed by atoms with Crippen LogP contribution in [0.5, 0.6) is 0 Å². The molecule has 2 aliphatic heterocycles. The molecule has 5 N–H and O–H groups in total. The van der Waals surface area contributed by atoms with Gasteiger partial charge in [-0.2, -0.15) is 0 Å². The summed E-state index contributed by atoms with van der Waals surface area (Å²) in [6.45, 7) is 4.51. The fourth-order valence-electron chi connectivity index (χ4n) is 4.38. The number of hydrogen-bond acceptors (Lipinski definition) is 8. The molecule has 1 amide bonds. The highest BCUT2D eigenvalue weighted by Gasteiger charge is 2.51. The van der Waals surface area contributed by atoms with Gasteiger partial charge in [0.1, 0.15) is 29.9 Å². The summed E-state index contributed by atoms with van der Waals surface area (Å²) in [7, 11) is -3.16. The molecule has 0 radical (unpaired) electrons. The number of aliphatic hydroxyl groups is 2. The van der Waals surface area contributed by atoms with Gasteiger partial charge in [-0.25, -0.2) is 4.57 Å². The van der Waals surface area contributed by atoms with Gasteiger partial charge < -0.3 is 30.1 Å². The van der Waals surface area contributed by atoms with Gasteiger partial charge in [0.05, 0.1) is 17.5 Å². The van der Waals surface area contributed by atoms with Gasteiger partial charge in [-0.05, 0) is 39.0 Å². The van der Waals surface area contributed by atoms with E-state index in [4.69, 9.17) is 20.9 Å². The number of nitrogens with zero attached hydrogens (tertiary/aromatic N) is 1. The fraction of sp³-hybridized carbons (Fsp3) is 0.944. The molecule has 0 aromatic rings. The number of hydrogen-bond donors (Lipinski definition) is 5. The third-order valence-corrected chi connectivity index (χ3v) is 7.51. The van der Waals surface area contributed by atoms with Gasteiger partial charge in [-0.3, -0.25) is 14.2 Å². The summed E-state index contributed by atoms with van der Waals surface area (Å²) < 4.78 is 22.1. The zero-order chi connectivity index (χ0) is 23.5. The van der Waals surface area contributed by atoms with Crippen LogP contribution in [0.3, 0.4) is 0 Å². The van der Waals surface area contributed by atoms with Crippen molar-refractivity contribution in [3.05, 3.63) is 0 Å². The lowest BCUT2D eigenvalue weighted by Gasteiger charge is -2.45. The van der Waals surface area contributed by atoms with Crippen molar-refractivity contribution in [3.8, 4) is 0 Å². The van der Waals surface area contributed by atoms with Gasteiger partial charge in [0.25, 0.3) is 0 Å². The second-order valence-corrected chi connectivity index (χ2v) is 11.1. The van der Waals surface area contributed by atoms with Crippen molar-refractivity contribution in [2.45, 2.75) is 80.4 Å². The SMILES string of the molecule is CCC[C@@H]1C[C@H](C(=O)N[C@@H]([C@@H]2O[C@H](SC)[C@@H](O)[C@H](O)[C@H]2OP(=O)(O)O)[C@H](C)Cl)N(C)C1. The number of rotatable bonds is 9.